The molecule has 6 heteroatoms. The Bertz CT molecular complexity index is 713. The largest absolute Gasteiger partial charge is 0.493 e. The molecule has 1 atom stereocenters. The zero-order valence-electron chi connectivity index (χ0n) is 13.5. The van der Waals surface area contributed by atoms with Crippen LogP contribution in [-0.2, 0) is 0 Å². The second-order valence-corrected chi connectivity index (χ2v) is 7.01. The molecule has 122 valence electrons. The van der Waals surface area contributed by atoms with E-state index in [2.05, 4.69) is 24.3 Å². The number of likely N-dealkylation sites (N-methyl/N-ethyl adjacent to an activating group) is 1. The van der Waals surface area contributed by atoms with Gasteiger partial charge < -0.3 is 18.8 Å². The summed E-state index contributed by atoms with van der Waals surface area (Å²) < 4.78 is 16.3. The normalized spacial score (nSPS) is 17.3. The molecule has 0 bridgehead atoms. The third kappa shape index (κ3) is 3.05. The van der Waals surface area contributed by atoms with Gasteiger partial charge in [0.25, 0.3) is 0 Å². The van der Waals surface area contributed by atoms with E-state index < -0.39 is 0 Å². The number of hydrogen-bond acceptors (Lipinski definition) is 6. The molecule has 0 N–H and O–H groups in total. The number of benzene rings is 1. The van der Waals surface area contributed by atoms with Crippen LogP contribution in [0.4, 0.5) is 5.69 Å². The van der Waals surface area contributed by atoms with Crippen molar-refractivity contribution in [2.45, 2.75) is 10.3 Å². The van der Waals surface area contributed by atoms with Gasteiger partial charge in [0.15, 0.2) is 11.5 Å². The fraction of sp³-hybridized carbons (Fsp3) is 0.294. The monoisotopic (exact) mass is 349 g/mol. The lowest BCUT2D eigenvalue weighted by molar-refractivity contribution is 0.354. The molecule has 0 saturated carbocycles. The van der Waals surface area contributed by atoms with Crippen molar-refractivity contribution in [1.29, 1.82) is 0 Å². The van der Waals surface area contributed by atoms with Crippen LogP contribution in [0.1, 0.15) is 5.76 Å². The average molecular weight is 349 g/mol. The van der Waals surface area contributed by atoms with Gasteiger partial charge in [0.2, 0.25) is 0 Å². The molecule has 0 radical (unpaired) electrons. The van der Waals surface area contributed by atoms with Crippen molar-refractivity contribution in [3.05, 3.63) is 42.4 Å². The van der Waals surface area contributed by atoms with Crippen molar-refractivity contribution in [2.24, 2.45) is 0 Å². The van der Waals surface area contributed by atoms with Crippen LogP contribution in [0.15, 0.2) is 45.9 Å². The first kappa shape index (κ1) is 16.2. The number of nitrogens with zero attached hydrogens (tertiary/aromatic N) is 1. The highest BCUT2D eigenvalue weighted by molar-refractivity contribution is 8.07. The molecular formula is C17H19NO3S2. The Kier molecular flexibility index (Phi) is 4.82. The minimum absolute atomic E-state index is 0.203. The van der Waals surface area contributed by atoms with E-state index in [9.17, 15) is 0 Å². The smallest absolute Gasteiger partial charge is 0.162 e. The molecule has 1 aliphatic heterocycles. The van der Waals surface area contributed by atoms with Gasteiger partial charge in [0, 0.05) is 22.9 Å². The van der Waals surface area contributed by atoms with Crippen LogP contribution < -0.4 is 14.4 Å². The maximum atomic E-state index is 5.53. The molecule has 0 saturated heterocycles. The van der Waals surface area contributed by atoms with Gasteiger partial charge in [-0.3, -0.25) is 0 Å². The molecule has 1 aliphatic rings. The molecule has 0 aliphatic carbocycles. The summed E-state index contributed by atoms with van der Waals surface area (Å²) in [5.41, 5.74) is 1.15. The quantitative estimate of drug-likeness (QED) is 0.787. The number of hydrogen-bond donors (Lipinski definition) is 0. The first-order valence-corrected chi connectivity index (χ1v) is 9.23. The Morgan fingerprint density at radius 1 is 1.30 bits per heavy atom. The molecule has 1 unspecified atom stereocenters. The summed E-state index contributed by atoms with van der Waals surface area (Å²) in [4.78, 5) is 4.55. The number of rotatable bonds is 5. The van der Waals surface area contributed by atoms with Crippen molar-refractivity contribution in [3.8, 4) is 11.5 Å². The highest BCUT2D eigenvalue weighted by atomic mass is 32.2. The van der Waals surface area contributed by atoms with Gasteiger partial charge in [-0.1, -0.05) is 11.8 Å². The maximum absolute atomic E-state index is 5.53. The Morgan fingerprint density at radius 3 is 2.65 bits per heavy atom. The van der Waals surface area contributed by atoms with Crippen molar-refractivity contribution in [3.63, 3.8) is 0 Å². The molecule has 4 nitrogen and oxygen atoms in total. The zero-order valence-corrected chi connectivity index (χ0v) is 15.2. The molecular weight excluding hydrogens is 330 g/mol. The predicted molar refractivity (Wildman–Crippen MR) is 97.8 cm³/mol. The van der Waals surface area contributed by atoms with E-state index in [1.165, 1.54) is 4.90 Å². The Hall–Kier alpha value is -1.66. The molecule has 23 heavy (non-hydrogen) atoms. The van der Waals surface area contributed by atoms with Crippen LogP contribution in [0.25, 0.3) is 4.91 Å². The van der Waals surface area contributed by atoms with Crippen LogP contribution in [0.5, 0.6) is 11.5 Å². The van der Waals surface area contributed by atoms with E-state index >= 15 is 0 Å². The van der Waals surface area contributed by atoms with E-state index in [0.717, 1.165) is 27.9 Å². The van der Waals surface area contributed by atoms with Crippen molar-refractivity contribution < 1.29 is 13.9 Å². The van der Waals surface area contributed by atoms with Crippen LogP contribution in [0.3, 0.4) is 0 Å². The van der Waals surface area contributed by atoms with Crippen LogP contribution >= 0.6 is 23.5 Å². The van der Waals surface area contributed by atoms with Crippen LogP contribution in [0, 0.1) is 0 Å². The standard InChI is InChI=1S/C17H19NO3S2/c1-18-11-8-13(19-2)14(20-3)9-15(11)23-17(18)10-16(22-4)12-6-5-7-21-12/h5-10,17H,1-4H3/b16-10-. The molecule has 3 rings (SSSR count). The maximum Gasteiger partial charge on any atom is 0.162 e. The first-order chi connectivity index (χ1) is 11.2. The lowest BCUT2D eigenvalue weighted by Crippen LogP contribution is -2.22. The van der Waals surface area contributed by atoms with Gasteiger partial charge in [-0.2, -0.15) is 0 Å². The van der Waals surface area contributed by atoms with Gasteiger partial charge in [0.1, 0.15) is 5.76 Å². The number of thioether (sulfide) groups is 2. The molecule has 0 fully saturated rings. The van der Waals surface area contributed by atoms with Crippen LogP contribution in [-0.4, -0.2) is 32.9 Å². The Morgan fingerprint density at radius 2 is 2.04 bits per heavy atom. The lowest BCUT2D eigenvalue weighted by Gasteiger charge is -2.20. The summed E-state index contributed by atoms with van der Waals surface area (Å²) in [6.07, 6.45) is 6.00. The topological polar surface area (TPSA) is 34.8 Å². The third-order valence-corrected chi connectivity index (χ3v) is 5.80. The highest BCUT2D eigenvalue weighted by Gasteiger charge is 2.28. The third-order valence-electron chi connectivity index (χ3n) is 3.75. The number of furan rings is 1. The first-order valence-electron chi connectivity index (χ1n) is 7.13. The van der Waals surface area contributed by atoms with Gasteiger partial charge in [-0.25, -0.2) is 0 Å². The summed E-state index contributed by atoms with van der Waals surface area (Å²) >= 11 is 3.48. The number of fused-ring (bicyclic) bond motifs is 1. The molecule has 2 aromatic rings. The highest BCUT2D eigenvalue weighted by Crippen LogP contribution is 2.48. The second kappa shape index (κ2) is 6.84. The summed E-state index contributed by atoms with van der Waals surface area (Å²) in [5, 5.41) is 0.203. The van der Waals surface area contributed by atoms with E-state index in [4.69, 9.17) is 13.9 Å². The van der Waals surface area contributed by atoms with Gasteiger partial charge in [-0.05, 0) is 30.5 Å². The average Bonchev–Trinajstić information content (AvgIpc) is 3.20. The van der Waals surface area contributed by atoms with Crippen molar-refractivity contribution in [1.82, 2.24) is 0 Å². The molecule has 1 aromatic carbocycles. The van der Waals surface area contributed by atoms with Gasteiger partial charge in [-0.15, -0.1) is 11.8 Å². The second-order valence-electron chi connectivity index (χ2n) is 5.01. The summed E-state index contributed by atoms with van der Waals surface area (Å²) in [6, 6.07) is 7.96. The summed E-state index contributed by atoms with van der Waals surface area (Å²) in [6.45, 7) is 0. The number of methoxy groups -OCH3 is 2. The molecule has 1 aromatic heterocycles. The summed E-state index contributed by atoms with van der Waals surface area (Å²) in [5.74, 6) is 2.41. The van der Waals surface area contributed by atoms with Crippen molar-refractivity contribution >= 4 is 34.1 Å². The molecule has 2 heterocycles. The minimum Gasteiger partial charge on any atom is -0.493 e. The predicted octanol–water partition coefficient (Wildman–Crippen LogP) is 4.57. The Balaban J connectivity index is 1.92. The SMILES string of the molecule is COc1cc2c(cc1OC)N(C)C(/C=C(\SC)c1ccco1)S2. The lowest BCUT2D eigenvalue weighted by atomic mass is 10.2. The molecule has 0 spiro atoms. The summed E-state index contributed by atoms with van der Waals surface area (Å²) in [7, 11) is 5.41. The number of anilines is 1. The van der Waals surface area contributed by atoms with Crippen LogP contribution in [0.2, 0.25) is 0 Å². The van der Waals surface area contributed by atoms with E-state index in [1.807, 2.05) is 24.3 Å². The Labute approximate surface area is 144 Å². The number of ether oxygens (including phenoxy) is 2. The fourth-order valence-electron chi connectivity index (χ4n) is 2.51. The van der Waals surface area contributed by atoms with E-state index in [0.29, 0.717) is 0 Å². The minimum atomic E-state index is 0.203. The fourth-order valence-corrected chi connectivity index (χ4v) is 4.41. The molecule has 0 amide bonds. The van der Waals surface area contributed by atoms with Gasteiger partial charge >= 0.3 is 0 Å². The van der Waals surface area contributed by atoms with E-state index in [1.54, 1.807) is 44.0 Å². The van der Waals surface area contributed by atoms with Crippen molar-refractivity contribution in [2.75, 3.05) is 32.4 Å². The van der Waals surface area contributed by atoms with E-state index in [-0.39, 0.29) is 5.37 Å². The zero-order chi connectivity index (χ0) is 16.4. The van der Waals surface area contributed by atoms with Gasteiger partial charge in [0.05, 0.1) is 31.5 Å².